The molecule has 17 heavy (non-hydrogen) atoms. The van der Waals surface area contributed by atoms with E-state index in [4.69, 9.17) is 5.11 Å². The standard InChI is InChI=1S/C14H15NO2/c16-14(17)7-10-5-2-6-12-11(10)8-13(15-12)9-3-1-4-9/h2,5-6,8-9,15H,1,3-4,7H2,(H,16,17). The van der Waals surface area contributed by atoms with E-state index in [9.17, 15) is 4.79 Å². The predicted octanol–water partition coefficient (Wildman–Crippen LogP) is 3.06. The molecule has 0 atom stereocenters. The largest absolute Gasteiger partial charge is 0.481 e. The number of H-pyrrole nitrogens is 1. The van der Waals surface area contributed by atoms with Gasteiger partial charge in [-0.1, -0.05) is 18.6 Å². The molecule has 1 aromatic heterocycles. The Labute approximate surface area is 99.5 Å². The topological polar surface area (TPSA) is 53.1 Å². The summed E-state index contributed by atoms with van der Waals surface area (Å²) in [5.74, 6) is -0.121. The lowest BCUT2D eigenvalue weighted by Gasteiger charge is -2.23. The molecule has 1 aromatic carbocycles. The van der Waals surface area contributed by atoms with Gasteiger partial charge in [0.05, 0.1) is 6.42 Å². The summed E-state index contributed by atoms with van der Waals surface area (Å²) in [6.45, 7) is 0. The number of aromatic amines is 1. The Morgan fingerprint density at radius 1 is 1.41 bits per heavy atom. The molecule has 0 spiro atoms. The fourth-order valence-electron chi connectivity index (χ4n) is 2.50. The van der Waals surface area contributed by atoms with Crippen LogP contribution in [0.1, 0.15) is 36.4 Å². The third kappa shape index (κ3) is 1.82. The fourth-order valence-corrected chi connectivity index (χ4v) is 2.50. The molecule has 1 aliphatic rings. The first-order valence-electron chi connectivity index (χ1n) is 6.06. The summed E-state index contributed by atoms with van der Waals surface area (Å²) in [4.78, 5) is 14.2. The highest BCUT2D eigenvalue weighted by Gasteiger charge is 2.21. The Balaban J connectivity index is 2.04. The van der Waals surface area contributed by atoms with Gasteiger partial charge in [-0.15, -0.1) is 0 Å². The third-order valence-corrected chi connectivity index (χ3v) is 3.66. The molecule has 2 N–H and O–H groups in total. The summed E-state index contributed by atoms with van der Waals surface area (Å²) in [5, 5.41) is 9.96. The summed E-state index contributed by atoms with van der Waals surface area (Å²) >= 11 is 0. The number of aliphatic carboxylic acids is 1. The van der Waals surface area contributed by atoms with E-state index in [1.807, 2.05) is 18.2 Å². The van der Waals surface area contributed by atoms with Crippen LogP contribution in [0.2, 0.25) is 0 Å². The van der Waals surface area contributed by atoms with Crippen molar-refractivity contribution in [2.24, 2.45) is 0 Å². The average molecular weight is 229 g/mol. The highest BCUT2D eigenvalue weighted by Crippen LogP contribution is 2.37. The van der Waals surface area contributed by atoms with Crippen molar-refractivity contribution in [3.63, 3.8) is 0 Å². The van der Waals surface area contributed by atoms with Gasteiger partial charge in [-0.2, -0.15) is 0 Å². The van der Waals surface area contributed by atoms with Crippen LogP contribution < -0.4 is 0 Å². The van der Waals surface area contributed by atoms with Crippen LogP contribution in [0.4, 0.5) is 0 Å². The first kappa shape index (κ1) is 10.4. The lowest BCUT2D eigenvalue weighted by Crippen LogP contribution is -2.08. The maximum Gasteiger partial charge on any atom is 0.307 e. The van der Waals surface area contributed by atoms with Gasteiger partial charge in [0.1, 0.15) is 0 Å². The Morgan fingerprint density at radius 2 is 2.24 bits per heavy atom. The van der Waals surface area contributed by atoms with Gasteiger partial charge in [-0.25, -0.2) is 0 Å². The lowest BCUT2D eigenvalue weighted by atomic mass is 9.83. The molecule has 0 amide bonds. The van der Waals surface area contributed by atoms with Crippen LogP contribution in [0.25, 0.3) is 10.9 Å². The van der Waals surface area contributed by atoms with Crippen LogP contribution in [0.3, 0.4) is 0 Å². The minimum Gasteiger partial charge on any atom is -0.481 e. The van der Waals surface area contributed by atoms with E-state index in [1.54, 1.807) is 0 Å². The van der Waals surface area contributed by atoms with Crippen LogP contribution in [0, 0.1) is 0 Å². The predicted molar refractivity (Wildman–Crippen MR) is 66.2 cm³/mol. The average Bonchev–Trinajstić information content (AvgIpc) is 2.58. The molecular formula is C14H15NO2. The van der Waals surface area contributed by atoms with Crippen molar-refractivity contribution in [2.45, 2.75) is 31.6 Å². The Kier molecular flexibility index (Phi) is 2.39. The number of carbonyl (C=O) groups is 1. The summed E-state index contributed by atoms with van der Waals surface area (Å²) in [7, 11) is 0. The monoisotopic (exact) mass is 229 g/mol. The molecule has 88 valence electrons. The molecule has 0 bridgehead atoms. The summed E-state index contributed by atoms with van der Waals surface area (Å²) < 4.78 is 0. The first-order chi connectivity index (χ1) is 8.24. The molecule has 0 unspecified atom stereocenters. The second-order valence-corrected chi connectivity index (χ2v) is 4.80. The van der Waals surface area contributed by atoms with Crippen molar-refractivity contribution < 1.29 is 9.90 Å². The Bertz CT molecular complexity index is 567. The third-order valence-electron chi connectivity index (χ3n) is 3.66. The highest BCUT2D eigenvalue weighted by atomic mass is 16.4. The van der Waals surface area contributed by atoms with E-state index in [0.29, 0.717) is 5.92 Å². The van der Waals surface area contributed by atoms with Gasteiger partial charge in [-0.3, -0.25) is 4.79 Å². The number of hydrogen-bond acceptors (Lipinski definition) is 1. The van der Waals surface area contributed by atoms with E-state index in [-0.39, 0.29) is 6.42 Å². The van der Waals surface area contributed by atoms with Gasteiger partial charge in [0, 0.05) is 16.6 Å². The smallest absolute Gasteiger partial charge is 0.307 e. The normalized spacial score (nSPS) is 16.0. The minimum absolute atomic E-state index is 0.0965. The number of hydrogen-bond donors (Lipinski definition) is 2. The zero-order valence-electron chi connectivity index (χ0n) is 9.57. The molecule has 2 aromatic rings. The highest BCUT2D eigenvalue weighted by molar-refractivity contribution is 5.87. The quantitative estimate of drug-likeness (QED) is 0.849. The molecule has 0 radical (unpaired) electrons. The van der Waals surface area contributed by atoms with E-state index in [0.717, 1.165) is 16.5 Å². The van der Waals surface area contributed by atoms with Gasteiger partial charge in [0.2, 0.25) is 0 Å². The van der Waals surface area contributed by atoms with Crippen LogP contribution in [0.5, 0.6) is 0 Å². The Morgan fingerprint density at radius 3 is 2.88 bits per heavy atom. The number of rotatable bonds is 3. The summed E-state index contributed by atoms with van der Waals surface area (Å²) in [5.41, 5.74) is 3.23. The van der Waals surface area contributed by atoms with Crippen molar-refractivity contribution in [1.29, 1.82) is 0 Å². The van der Waals surface area contributed by atoms with Gasteiger partial charge >= 0.3 is 5.97 Å². The number of carboxylic acids is 1. The molecular weight excluding hydrogens is 214 g/mol. The van der Waals surface area contributed by atoms with Crippen molar-refractivity contribution in [1.82, 2.24) is 4.98 Å². The molecule has 1 aliphatic carbocycles. The van der Waals surface area contributed by atoms with Gasteiger partial charge < -0.3 is 10.1 Å². The van der Waals surface area contributed by atoms with Crippen molar-refractivity contribution in [2.75, 3.05) is 0 Å². The van der Waals surface area contributed by atoms with Gasteiger partial charge in [0.25, 0.3) is 0 Å². The van der Waals surface area contributed by atoms with Crippen molar-refractivity contribution in [3.05, 3.63) is 35.5 Å². The number of carboxylic acid groups (broad SMARTS) is 1. The fraction of sp³-hybridized carbons (Fsp3) is 0.357. The van der Waals surface area contributed by atoms with Gasteiger partial charge in [0.15, 0.2) is 0 Å². The van der Waals surface area contributed by atoms with Crippen molar-refractivity contribution in [3.8, 4) is 0 Å². The molecule has 1 saturated carbocycles. The maximum atomic E-state index is 10.8. The van der Waals surface area contributed by atoms with E-state index >= 15 is 0 Å². The summed E-state index contributed by atoms with van der Waals surface area (Å²) in [6, 6.07) is 7.97. The van der Waals surface area contributed by atoms with Crippen molar-refractivity contribution >= 4 is 16.9 Å². The molecule has 1 heterocycles. The number of aromatic nitrogens is 1. The molecule has 1 fully saturated rings. The maximum absolute atomic E-state index is 10.8. The van der Waals surface area contributed by atoms with Gasteiger partial charge in [-0.05, 0) is 36.5 Å². The van der Waals surface area contributed by atoms with Crippen LogP contribution in [-0.2, 0) is 11.2 Å². The number of nitrogens with one attached hydrogen (secondary N) is 1. The van der Waals surface area contributed by atoms with Crippen LogP contribution >= 0.6 is 0 Å². The summed E-state index contributed by atoms with van der Waals surface area (Å²) in [6.07, 6.45) is 3.91. The first-order valence-corrected chi connectivity index (χ1v) is 6.06. The second kappa shape index (κ2) is 3.91. The zero-order valence-corrected chi connectivity index (χ0v) is 9.57. The molecule has 3 rings (SSSR count). The Hall–Kier alpha value is -1.77. The molecule has 0 aliphatic heterocycles. The van der Waals surface area contributed by atoms with Crippen LogP contribution in [-0.4, -0.2) is 16.1 Å². The number of benzene rings is 1. The zero-order chi connectivity index (χ0) is 11.8. The molecule has 3 nitrogen and oxygen atoms in total. The number of fused-ring (bicyclic) bond motifs is 1. The molecule has 0 saturated heterocycles. The second-order valence-electron chi connectivity index (χ2n) is 4.80. The minimum atomic E-state index is -0.774. The van der Waals surface area contributed by atoms with E-state index < -0.39 is 5.97 Å². The SMILES string of the molecule is O=C(O)Cc1cccc2[nH]c(C3CCC3)cc12. The molecule has 3 heteroatoms. The lowest BCUT2D eigenvalue weighted by molar-refractivity contribution is -0.136. The van der Waals surface area contributed by atoms with E-state index in [2.05, 4.69) is 11.1 Å². The van der Waals surface area contributed by atoms with Crippen LogP contribution in [0.15, 0.2) is 24.3 Å². The van der Waals surface area contributed by atoms with E-state index in [1.165, 1.54) is 25.0 Å².